The quantitative estimate of drug-likeness (QED) is 0.629. The van der Waals surface area contributed by atoms with Gasteiger partial charge < -0.3 is 10.4 Å². The van der Waals surface area contributed by atoms with Crippen molar-refractivity contribution in [2.24, 2.45) is 0 Å². The molecule has 3 N–H and O–H groups in total. The fraction of sp³-hybridized carbons (Fsp3) is 0.438. The number of aliphatic hydroxyl groups is 1. The fourth-order valence-electron chi connectivity index (χ4n) is 2.49. The standard InChI is InChI=1S/C16H23N3O3S/c1-12-9-18-11-14-5-3-6-15(16(12)14)23(21,22)19-13(2)10-17-7-4-8-20/h3,5-6,9,11,13,17,19-20H,4,7-8,10H2,1-2H3/t13-/m1/s1. The van der Waals surface area contributed by atoms with Crippen LogP contribution in [0.25, 0.3) is 10.8 Å². The van der Waals surface area contributed by atoms with E-state index in [0.717, 1.165) is 10.9 Å². The zero-order chi connectivity index (χ0) is 16.9. The highest BCUT2D eigenvalue weighted by Gasteiger charge is 2.20. The molecule has 0 aliphatic carbocycles. The Kier molecular flexibility index (Phi) is 6.06. The lowest BCUT2D eigenvalue weighted by molar-refractivity contribution is 0.285. The molecular formula is C16H23N3O3S. The van der Waals surface area contributed by atoms with E-state index in [2.05, 4.69) is 15.0 Å². The van der Waals surface area contributed by atoms with Crippen LogP contribution in [-0.4, -0.2) is 44.2 Å². The van der Waals surface area contributed by atoms with Crippen LogP contribution in [0.3, 0.4) is 0 Å². The van der Waals surface area contributed by atoms with Crippen molar-refractivity contribution < 1.29 is 13.5 Å². The second kappa shape index (κ2) is 7.83. The van der Waals surface area contributed by atoms with Gasteiger partial charge in [-0.25, -0.2) is 13.1 Å². The van der Waals surface area contributed by atoms with Crippen LogP contribution in [0.1, 0.15) is 18.9 Å². The molecule has 0 aliphatic heterocycles. The SMILES string of the molecule is Cc1cncc2cccc(S(=O)(=O)N[C@H](C)CNCCCO)c12. The van der Waals surface area contributed by atoms with Crippen molar-refractivity contribution in [3.8, 4) is 0 Å². The number of nitrogens with zero attached hydrogens (tertiary/aromatic N) is 1. The minimum atomic E-state index is -3.62. The number of pyridine rings is 1. The number of rotatable bonds is 8. The molecule has 0 unspecified atom stereocenters. The summed E-state index contributed by atoms with van der Waals surface area (Å²) in [6.07, 6.45) is 3.98. The Labute approximate surface area is 137 Å². The normalized spacial score (nSPS) is 13.3. The van der Waals surface area contributed by atoms with Crippen LogP contribution in [0.15, 0.2) is 35.5 Å². The topological polar surface area (TPSA) is 91.3 Å². The molecule has 23 heavy (non-hydrogen) atoms. The van der Waals surface area contributed by atoms with Gasteiger partial charge in [0.1, 0.15) is 0 Å². The molecule has 1 aromatic heterocycles. The van der Waals surface area contributed by atoms with Gasteiger partial charge in [-0.2, -0.15) is 0 Å². The second-order valence-electron chi connectivity index (χ2n) is 5.61. The number of hydrogen-bond donors (Lipinski definition) is 3. The van der Waals surface area contributed by atoms with Gasteiger partial charge in [0.05, 0.1) is 4.90 Å². The van der Waals surface area contributed by atoms with Crippen LogP contribution in [0.4, 0.5) is 0 Å². The maximum atomic E-state index is 12.7. The molecule has 1 heterocycles. The van der Waals surface area contributed by atoms with Gasteiger partial charge in [-0.15, -0.1) is 0 Å². The summed E-state index contributed by atoms with van der Waals surface area (Å²) in [5.41, 5.74) is 0.831. The minimum absolute atomic E-state index is 0.121. The van der Waals surface area contributed by atoms with Crippen LogP contribution < -0.4 is 10.0 Å². The summed E-state index contributed by atoms with van der Waals surface area (Å²) in [6, 6.07) is 4.94. The molecule has 0 aliphatic rings. The number of sulfonamides is 1. The van der Waals surface area contributed by atoms with E-state index in [1.54, 1.807) is 24.5 Å². The Bertz CT molecular complexity index is 757. The minimum Gasteiger partial charge on any atom is -0.396 e. The number of fused-ring (bicyclic) bond motifs is 1. The average molecular weight is 337 g/mol. The Morgan fingerprint density at radius 1 is 1.30 bits per heavy atom. The van der Waals surface area contributed by atoms with Crippen LogP contribution in [0.2, 0.25) is 0 Å². The first-order chi connectivity index (χ1) is 11.0. The maximum Gasteiger partial charge on any atom is 0.241 e. The lowest BCUT2D eigenvalue weighted by Crippen LogP contribution is -2.40. The van der Waals surface area contributed by atoms with Crippen LogP contribution in [-0.2, 0) is 10.0 Å². The highest BCUT2D eigenvalue weighted by Crippen LogP contribution is 2.25. The van der Waals surface area contributed by atoms with Crippen molar-refractivity contribution in [1.29, 1.82) is 0 Å². The second-order valence-corrected chi connectivity index (χ2v) is 7.30. The molecule has 126 valence electrons. The Morgan fingerprint density at radius 3 is 2.83 bits per heavy atom. The van der Waals surface area contributed by atoms with Crippen molar-refractivity contribution >= 4 is 20.8 Å². The van der Waals surface area contributed by atoms with E-state index >= 15 is 0 Å². The number of nitrogens with one attached hydrogen (secondary N) is 2. The zero-order valence-corrected chi connectivity index (χ0v) is 14.2. The third-order valence-electron chi connectivity index (χ3n) is 3.54. The first-order valence-corrected chi connectivity index (χ1v) is 9.11. The van der Waals surface area contributed by atoms with E-state index in [1.807, 2.05) is 19.9 Å². The van der Waals surface area contributed by atoms with Gasteiger partial charge in [0, 0.05) is 42.4 Å². The molecular weight excluding hydrogens is 314 g/mol. The molecule has 2 rings (SSSR count). The van der Waals surface area contributed by atoms with Crippen molar-refractivity contribution in [3.63, 3.8) is 0 Å². The predicted molar refractivity (Wildman–Crippen MR) is 90.8 cm³/mol. The van der Waals surface area contributed by atoms with Crippen molar-refractivity contribution in [1.82, 2.24) is 15.0 Å². The predicted octanol–water partition coefficient (Wildman–Crippen LogP) is 1.18. The molecule has 0 bridgehead atoms. The summed E-state index contributed by atoms with van der Waals surface area (Å²) >= 11 is 0. The molecule has 0 saturated carbocycles. The van der Waals surface area contributed by atoms with Crippen LogP contribution >= 0.6 is 0 Å². The largest absolute Gasteiger partial charge is 0.396 e. The van der Waals surface area contributed by atoms with Crippen LogP contribution in [0, 0.1) is 6.92 Å². The van der Waals surface area contributed by atoms with Gasteiger partial charge in [0.15, 0.2) is 0 Å². The van der Waals surface area contributed by atoms with Crippen molar-refractivity contribution in [2.45, 2.75) is 31.2 Å². The molecule has 2 aromatic rings. The first-order valence-electron chi connectivity index (χ1n) is 7.63. The molecule has 6 nitrogen and oxygen atoms in total. The Balaban J connectivity index is 2.20. The summed E-state index contributed by atoms with van der Waals surface area (Å²) in [7, 11) is -3.62. The monoisotopic (exact) mass is 337 g/mol. The molecule has 0 saturated heterocycles. The lowest BCUT2D eigenvalue weighted by atomic mass is 10.1. The zero-order valence-electron chi connectivity index (χ0n) is 13.4. The van der Waals surface area contributed by atoms with Crippen molar-refractivity contribution in [2.75, 3.05) is 19.7 Å². The summed E-state index contributed by atoms with van der Waals surface area (Å²) in [4.78, 5) is 4.38. The first kappa shape index (κ1) is 17.8. The summed E-state index contributed by atoms with van der Waals surface area (Å²) in [5.74, 6) is 0. The summed E-state index contributed by atoms with van der Waals surface area (Å²) < 4.78 is 28.1. The number of benzene rings is 1. The van der Waals surface area contributed by atoms with Gasteiger partial charge in [0.25, 0.3) is 0 Å². The Morgan fingerprint density at radius 2 is 2.09 bits per heavy atom. The fourth-order valence-corrected chi connectivity index (χ4v) is 4.03. The van der Waals surface area contributed by atoms with Gasteiger partial charge >= 0.3 is 0 Å². The summed E-state index contributed by atoms with van der Waals surface area (Å²) in [6.45, 7) is 4.94. The van der Waals surface area contributed by atoms with Crippen molar-refractivity contribution in [3.05, 3.63) is 36.2 Å². The molecule has 0 radical (unpaired) electrons. The number of aryl methyl sites for hydroxylation is 1. The van der Waals surface area contributed by atoms with E-state index in [4.69, 9.17) is 5.11 Å². The number of hydrogen-bond acceptors (Lipinski definition) is 5. The Hall–Kier alpha value is -1.54. The third-order valence-corrected chi connectivity index (χ3v) is 5.17. The van der Waals surface area contributed by atoms with E-state index in [0.29, 0.717) is 24.9 Å². The molecule has 0 fully saturated rings. The van der Waals surface area contributed by atoms with E-state index in [-0.39, 0.29) is 17.5 Å². The molecule has 0 amide bonds. The molecule has 7 heteroatoms. The highest BCUT2D eigenvalue weighted by atomic mass is 32.2. The number of aromatic nitrogens is 1. The van der Waals surface area contributed by atoms with Gasteiger partial charge in [0.2, 0.25) is 10.0 Å². The lowest BCUT2D eigenvalue weighted by Gasteiger charge is -2.16. The highest BCUT2D eigenvalue weighted by molar-refractivity contribution is 7.89. The van der Waals surface area contributed by atoms with Gasteiger partial charge in [-0.05, 0) is 38.4 Å². The van der Waals surface area contributed by atoms with E-state index in [9.17, 15) is 8.42 Å². The molecule has 1 aromatic carbocycles. The van der Waals surface area contributed by atoms with Gasteiger partial charge in [-0.1, -0.05) is 12.1 Å². The van der Waals surface area contributed by atoms with Gasteiger partial charge in [-0.3, -0.25) is 4.98 Å². The molecule has 1 atom stereocenters. The van der Waals surface area contributed by atoms with E-state index in [1.165, 1.54) is 0 Å². The number of aliphatic hydroxyl groups excluding tert-OH is 1. The summed E-state index contributed by atoms with van der Waals surface area (Å²) in [5, 5.41) is 13.4. The maximum absolute atomic E-state index is 12.7. The third kappa shape index (κ3) is 4.48. The van der Waals surface area contributed by atoms with Crippen LogP contribution in [0.5, 0.6) is 0 Å². The molecule has 0 spiro atoms. The average Bonchev–Trinajstić information content (AvgIpc) is 2.51. The smallest absolute Gasteiger partial charge is 0.241 e. The van der Waals surface area contributed by atoms with E-state index < -0.39 is 10.0 Å².